The van der Waals surface area contributed by atoms with Gasteiger partial charge in [0.15, 0.2) is 0 Å². The zero-order valence-corrected chi connectivity index (χ0v) is 20.1. The third-order valence-corrected chi connectivity index (χ3v) is 6.74. The van der Waals surface area contributed by atoms with E-state index >= 15 is 0 Å². The Morgan fingerprint density at radius 2 is 1.53 bits per heavy atom. The SMILES string of the molecule is CCc1ccc2nc(Cl)nc(NCC3(N(Cc4ccccc4)Cc4ccccc4)COC3)c2c1. The predicted octanol–water partition coefficient (Wildman–Crippen LogP) is 5.73. The first-order valence-corrected chi connectivity index (χ1v) is 12.1. The number of rotatable bonds is 9. The molecule has 0 saturated carbocycles. The van der Waals surface area contributed by atoms with Crippen LogP contribution in [0, 0.1) is 0 Å². The lowest BCUT2D eigenvalue weighted by molar-refractivity contribution is -0.140. The van der Waals surface area contributed by atoms with Gasteiger partial charge in [0, 0.05) is 25.0 Å². The summed E-state index contributed by atoms with van der Waals surface area (Å²) in [4.78, 5) is 11.5. The summed E-state index contributed by atoms with van der Waals surface area (Å²) in [6, 6.07) is 27.5. The van der Waals surface area contributed by atoms with Gasteiger partial charge >= 0.3 is 0 Å². The molecule has 4 aromatic rings. The van der Waals surface area contributed by atoms with Crippen LogP contribution in [0.4, 0.5) is 5.82 Å². The number of anilines is 1. The maximum absolute atomic E-state index is 6.28. The molecule has 1 aliphatic rings. The van der Waals surface area contributed by atoms with Crippen molar-refractivity contribution in [3.05, 3.63) is 101 Å². The molecule has 2 heterocycles. The van der Waals surface area contributed by atoms with E-state index in [-0.39, 0.29) is 10.8 Å². The number of hydrogen-bond acceptors (Lipinski definition) is 5. The lowest BCUT2D eigenvalue weighted by atomic mass is 9.92. The Morgan fingerprint density at radius 3 is 2.09 bits per heavy atom. The predicted molar refractivity (Wildman–Crippen MR) is 138 cm³/mol. The molecular formula is C28H29ClN4O. The molecule has 3 aromatic carbocycles. The minimum Gasteiger partial charge on any atom is -0.377 e. The van der Waals surface area contributed by atoms with Gasteiger partial charge in [-0.05, 0) is 46.8 Å². The summed E-state index contributed by atoms with van der Waals surface area (Å²) in [5.41, 5.74) is 4.51. The number of benzene rings is 3. The molecule has 0 spiro atoms. The third kappa shape index (κ3) is 4.92. The Bertz CT molecular complexity index is 1200. The van der Waals surface area contributed by atoms with E-state index in [1.54, 1.807) is 0 Å². The second-order valence-corrected chi connectivity index (χ2v) is 9.28. The van der Waals surface area contributed by atoms with Crippen molar-refractivity contribution < 1.29 is 4.74 Å². The van der Waals surface area contributed by atoms with E-state index in [0.717, 1.165) is 36.2 Å². The highest BCUT2D eigenvalue weighted by Gasteiger charge is 2.44. The maximum Gasteiger partial charge on any atom is 0.224 e. The fourth-order valence-corrected chi connectivity index (χ4v) is 4.66. The van der Waals surface area contributed by atoms with Gasteiger partial charge in [0.25, 0.3) is 0 Å². The van der Waals surface area contributed by atoms with Gasteiger partial charge in [0.05, 0.1) is 24.3 Å². The summed E-state index contributed by atoms with van der Waals surface area (Å²) in [7, 11) is 0. The average molecular weight is 473 g/mol. The van der Waals surface area contributed by atoms with Gasteiger partial charge in [-0.25, -0.2) is 9.97 Å². The number of nitrogens with one attached hydrogen (secondary N) is 1. The van der Waals surface area contributed by atoms with Crippen molar-refractivity contribution in [2.75, 3.05) is 25.1 Å². The van der Waals surface area contributed by atoms with Crippen LogP contribution in [-0.4, -0.2) is 40.2 Å². The maximum atomic E-state index is 6.28. The van der Waals surface area contributed by atoms with Gasteiger partial charge in [0.2, 0.25) is 5.28 Å². The summed E-state index contributed by atoms with van der Waals surface area (Å²) >= 11 is 6.28. The molecule has 0 amide bonds. The molecule has 6 heteroatoms. The van der Waals surface area contributed by atoms with Crippen molar-refractivity contribution in [1.82, 2.24) is 14.9 Å². The number of aromatic nitrogens is 2. The van der Waals surface area contributed by atoms with Gasteiger partial charge in [-0.15, -0.1) is 0 Å². The quantitative estimate of drug-likeness (QED) is 0.315. The molecule has 34 heavy (non-hydrogen) atoms. The van der Waals surface area contributed by atoms with Crippen LogP contribution in [0.15, 0.2) is 78.9 Å². The first kappa shape index (κ1) is 22.8. The number of ether oxygens (including phenoxy) is 1. The smallest absolute Gasteiger partial charge is 0.224 e. The van der Waals surface area contributed by atoms with E-state index < -0.39 is 0 Å². The van der Waals surface area contributed by atoms with Crippen LogP contribution >= 0.6 is 11.6 Å². The third-order valence-electron chi connectivity index (χ3n) is 6.57. The standard InChI is InChI=1S/C28H29ClN4O/c1-2-21-13-14-25-24(15-21)26(32-27(29)31-25)30-18-28(19-34-20-28)33(16-22-9-5-3-6-10-22)17-23-11-7-4-8-12-23/h3-15H,2,16-20H2,1H3,(H,30,31,32). The lowest BCUT2D eigenvalue weighted by Gasteiger charge is -2.50. The summed E-state index contributed by atoms with van der Waals surface area (Å²) in [5.74, 6) is 0.774. The molecule has 1 fully saturated rings. The molecule has 1 aliphatic heterocycles. The largest absolute Gasteiger partial charge is 0.377 e. The lowest BCUT2D eigenvalue weighted by Crippen LogP contribution is -2.65. The van der Waals surface area contributed by atoms with Gasteiger partial charge in [-0.3, -0.25) is 4.90 Å². The van der Waals surface area contributed by atoms with Crippen LogP contribution in [-0.2, 0) is 24.2 Å². The van der Waals surface area contributed by atoms with Crippen LogP contribution in [0.25, 0.3) is 10.9 Å². The molecule has 174 valence electrons. The number of halogens is 1. The summed E-state index contributed by atoms with van der Waals surface area (Å²) in [6.07, 6.45) is 0.956. The summed E-state index contributed by atoms with van der Waals surface area (Å²) < 4.78 is 5.79. The Hall–Kier alpha value is -2.99. The second kappa shape index (κ2) is 10.1. The van der Waals surface area contributed by atoms with E-state index in [4.69, 9.17) is 16.3 Å². The molecule has 5 nitrogen and oxygen atoms in total. The molecule has 0 aliphatic carbocycles. The van der Waals surface area contributed by atoms with Crippen molar-refractivity contribution in [2.45, 2.75) is 32.0 Å². The summed E-state index contributed by atoms with van der Waals surface area (Å²) in [6.45, 7) is 5.85. The van der Waals surface area contributed by atoms with Gasteiger partial charge in [0.1, 0.15) is 5.82 Å². The van der Waals surface area contributed by atoms with Crippen molar-refractivity contribution >= 4 is 28.3 Å². The van der Waals surface area contributed by atoms with E-state index in [2.05, 4.69) is 99.9 Å². The van der Waals surface area contributed by atoms with Crippen molar-refractivity contribution in [3.8, 4) is 0 Å². The molecule has 0 unspecified atom stereocenters. The first-order chi connectivity index (χ1) is 16.6. The van der Waals surface area contributed by atoms with Crippen LogP contribution in [0.1, 0.15) is 23.6 Å². The second-order valence-electron chi connectivity index (χ2n) is 8.94. The molecule has 5 rings (SSSR count). The first-order valence-electron chi connectivity index (χ1n) is 11.8. The minimum atomic E-state index is -0.155. The van der Waals surface area contributed by atoms with Crippen molar-refractivity contribution in [2.24, 2.45) is 0 Å². The molecular weight excluding hydrogens is 444 g/mol. The number of aryl methyl sites for hydroxylation is 1. The van der Waals surface area contributed by atoms with Gasteiger partial charge in [-0.2, -0.15) is 0 Å². The number of hydrogen-bond donors (Lipinski definition) is 1. The molecule has 0 atom stereocenters. The normalized spacial score (nSPS) is 14.8. The van der Waals surface area contributed by atoms with Crippen LogP contribution < -0.4 is 5.32 Å². The monoisotopic (exact) mass is 472 g/mol. The summed E-state index contributed by atoms with van der Waals surface area (Å²) in [5, 5.41) is 4.87. The van der Waals surface area contributed by atoms with Crippen LogP contribution in [0.2, 0.25) is 5.28 Å². The van der Waals surface area contributed by atoms with Crippen molar-refractivity contribution in [1.29, 1.82) is 0 Å². The highest BCUT2D eigenvalue weighted by molar-refractivity contribution is 6.28. The zero-order chi connectivity index (χ0) is 23.4. The van der Waals surface area contributed by atoms with Gasteiger partial charge in [-0.1, -0.05) is 73.7 Å². The highest BCUT2D eigenvalue weighted by atomic mass is 35.5. The fourth-order valence-electron chi connectivity index (χ4n) is 4.48. The highest BCUT2D eigenvalue weighted by Crippen LogP contribution is 2.31. The molecule has 0 bridgehead atoms. The van der Waals surface area contributed by atoms with Gasteiger partial charge < -0.3 is 10.1 Å². The average Bonchev–Trinajstić information content (AvgIpc) is 2.84. The van der Waals surface area contributed by atoms with Crippen LogP contribution in [0.3, 0.4) is 0 Å². The van der Waals surface area contributed by atoms with E-state index in [0.29, 0.717) is 19.8 Å². The minimum absolute atomic E-state index is 0.155. The Kier molecular flexibility index (Phi) is 6.77. The number of fused-ring (bicyclic) bond motifs is 1. The molecule has 1 saturated heterocycles. The fraction of sp³-hybridized carbons (Fsp3) is 0.286. The topological polar surface area (TPSA) is 50.3 Å². The van der Waals surface area contributed by atoms with E-state index in [1.165, 1.54) is 16.7 Å². The Labute approximate surface area is 205 Å². The van der Waals surface area contributed by atoms with E-state index in [9.17, 15) is 0 Å². The Morgan fingerprint density at radius 1 is 0.882 bits per heavy atom. The zero-order valence-electron chi connectivity index (χ0n) is 19.4. The van der Waals surface area contributed by atoms with Crippen molar-refractivity contribution in [3.63, 3.8) is 0 Å². The molecule has 1 aromatic heterocycles. The van der Waals surface area contributed by atoms with E-state index in [1.807, 2.05) is 6.07 Å². The Balaban J connectivity index is 1.44. The molecule has 1 N–H and O–H groups in total. The number of nitrogens with zero attached hydrogens (tertiary/aromatic N) is 3. The van der Waals surface area contributed by atoms with Crippen LogP contribution in [0.5, 0.6) is 0 Å². The molecule has 0 radical (unpaired) electrons.